The van der Waals surface area contributed by atoms with Crippen LogP contribution in [0.25, 0.3) is 0 Å². The fourth-order valence-corrected chi connectivity index (χ4v) is 2.88. The fourth-order valence-electron chi connectivity index (χ4n) is 2.24. The van der Waals surface area contributed by atoms with Crippen molar-refractivity contribution in [2.45, 2.75) is 17.7 Å². The molecule has 1 aliphatic heterocycles. The molecule has 0 saturated carbocycles. The van der Waals surface area contributed by atoms with Crippen LogP contribution >= 0.6 is 35.8 Å². The van der Waals surface area contributed by atoms with E-state index < -0.39 is 0 Å². The van der Waals surface area contributed by atoms with Gasteiger partial charge in [-0.05, 0) is 56.3 Å². The number of amides is 1. The van der Waals surface area contributed by atoms with E-state index in [4.69, 9.17) is 11.6 Å². The molecule has 0 aromatic heterocycles. The maximum atomic E-state index is 12.2. The van der Waals surface area contributed by atoms with Crippen molar-refractivity contribution in [3.05, 3.63) is 28.8 Å². The third-order valence-corrected chi connectivity index (χ3v) is 4.42. The van der Waals surface area contributed by atoms with Gasteiger partial charge in [0.1, 0.15) is 0 Å². The van der Waals surface area contributed by atoms with Crippen molar-refractivity contribution in [3.63, 3.8) is 0 Å². The minimum absolute atomic E-state index is 0. The van der Waals surface area contributed by atoms with Crippen molar-refractivity contribution >= 4 is 41.7 Å². The molecule has 0 aliphatic carbocycles. The van der Waals surface area contributed by atoms with Gasteiger partial charge in [-0.15, -0.1) is 24.2 Å². The lowest BCUT2D eigenvalue weighted by atomic mass is 10.00. The molecule has 1 aliphatic rings. The third-order valence-electron chi connectivity index (χ3n) is 3.37. The van der Waals surface area contributed by atoms with Gasteiger partial charge in [-0.2, -0.15) is 0 Å². The number of hydrogen-bond donors (Lipinski definition) is 2. The number of rotatable bonds is 4. The fraction of sp³-hybridized carbons (Fsp3) is 0.500. The van der Waals surface area contributed by atoms with Gasteiger partial charge in [-0.3, -0.25) is 4.79 Å². The van der Waals surface area contributed by atoms with Crippen molar-refractivity contribution in [1.29, 1.82) is 0 Å². The molecule has 1 heterocycles. The van der Waals surface area contributed by atoms with Crippen molar-refractivity contribution in [1.82, 2.24) is 10.6 Å². The zero-order chi connectivity index (χ0) is 13.7. The lowest BCUT2D eigenvalue weighted by Gasteiger charge is -2.23. The van der Waals surface area contributed by atoms with E-state index >= 15 is 0 Å². The van der Waals surface area contributed by atoms with Gasteiger partial charge in [0.15, 0.2) is 0 Å². The SMILES string of the molecule is CSc1ccc(Cl)c(C(=O)NCC2CCCNC2)c1.Cl. The second-order valence-corrected chi connectivity index (χ2v) is 6.06. The Kier molecular flexibility index (Phi) is 7.74. The third kappa shape index (κ3) is 4.85. The van der Waals surface area contributed by atoms with Crippen LogP contribution in [0.3, 0.4) is 0 Å². The van der Waals surface area contributed by atoms with Gasteiger partial charge in [-0.25, -0.2) is 0 Å². The summed E-state index contributed by atoms with van der Waals surface area (Å²) in [6, 6.07) is 5.56. The van der Waals surface area contributed by atoms with Gasteiger partial charge in [0.05, 0.1) is 10.6 Å². The maximum Gasteiger partial charge on any atom is 0.252 e. The first kappa shape index (κ1) is 17.6. The van der Waals surface area contributed by atoms with Gasteiger partial charge >= 0.3 is 0 Å². The Morgan fingerprint density at radius 1 is 1.55 bits per heavy atom. The largest absolute Gasteiger partial charge is 0.352 e. The topological polar surface area (TPSA) is 41.1 Å². The quantitative estimate of drug-likeness (QED) is 0.830. The molecule has 0 spiro atoms. The van der Waals surface area contributed by atoms with E-state index in [2.05, 4.69) is 10.6 Å². The lowest BCUT2D eigenvalue weighted by Crippen LogP contribution is -2.38. The summed E-state index contributed by atoms with van der Waals surface area (Å²) < 4.78 is 0. The first-order valence-electron chi connectivity index (χ1n) is 6.53. The van der Waals surface area contributed by atoms with Crippen LogP contribution in [0.2, 0.25) is 5.02 Å². The number of piperidine rings is 1. The molecule has 2 N–H and O–H groups in total. The Balaban J connectivity index is 0.00000200. The second kappa shape index (κ2) is 8.78. The summed E-state index contributed by atoms with van der Waals surface area (Å²) in [4.78, 5) is 13.2. The molecule has 112 valence electrons. The summed E-state index contributed by atoms with van der Waals surface area (Å²) in [5.41, 5.74) is 0.567. The number of benzene rings is 1. The molecular weight excluding hydrogens is 315 g/mol. The van der Waals surface area contributed by atoms with Gasteiger partial charge in [0.25, 0.3) is 5.91 Å². The predicted octanol–water partition coefficient (Wildman–Crippen LogP) is 3.21. The maximum absolute atomic E-state index is 12.2. The first-order chi connectivity index (χ1) is 9.20. The summed E-state index contributed by atoms with van der Waals surface area (Å²) in [5.74, 6) is 0.451. The number of nitrogens with one attached hydrogen (secondary N) is 2. The lowest BCUT2D eigenvalue weighted by molar-refractivity contribution is 0.0945. The van der Waals surface area contributed by atoms with Crippen LogP contribution in [0.5, 0.6) is 0 Å². The van der Waals surface area contributed by atoms with Crippen LogP contribution in [-0.2, 0) is 0 Å². The second-order valence-electron chi connectivity index (χ2n) is 4.77. The number of carbonyl (C=O) groups excluding carboxylic acids is 1. The molecule has 1 unspecified atom stereocenters. The highest BCUT2D eigenvalue weighted by atomic mass is 35.5. The normalized spacial score (nSPS) is 18.2. The Morgan fingerprint density at radius 3 is 3.00 bits per heavy atom. The van der Waals surface area contributed by atoms with Gasteiger partial charge in [0.2, 0.25) is 0 Å². The van der Waals surface area contributed by atoms with Crippen molar-refractivity contribution < 1.29 is 4.79 Å². The van der Waals surface area contributed by atoms with Crippen molar-refractivity contribution in [2.24, 2.45) is 5.92 Å². The van der Waals surface area contributed by atoms with Gasteiger partial charge in [-0.1, -0.05) is 11.6 Å². The Labute approximate surface area is 135 Å². The molecule has 1 aromatic carbocycles. The smallest absolute Gasteiger partial charge is 0.252 e. The van der Waals surface area contributed by atoms with E-state index in [1.165, 1.54) is 12.8 Å². The predicted molar refractivity (Wildman–Crippen MR) is 88.4 cm³/mol. The Hall–Kier alpha value is -0.420. The average molecular weight is 335 g/mol. The summed E-state index contributed by atoms with van der Waals surface area (Å²) in [6.45, 7) is 2.79. The van der Waals surface area contributed by atoms with Crippen molar-refractivity contribution in [3.8, 4) is 0 Å². The molecule has 3 nitrogen and oxygen atoms in total. The van der Waals surface area contributed by atoms with Crippen LogP contribution < -0.4 is 10.6 Å². The van der Waals surface area contributed by atoms with Crippen molar-refractivity contribution in [2.75, 3.05) is 25.9 Å². The summed E-state index contributed by atoms with van der Waals surface area (Å²) in [5, 5.41) is 6.85. The zero-order valence-electron chi connectivity index (χ0n) is 11.4. The van der Waals surface area contributed by atoms with Crippen LogP contribution in [0, 0.1) is 5.92 Å². The molecule has 1 atom stereocenters. The summed E-state index contributed by atoms with van der Waals surface area (Å²) >= 11 is 7.69. The molecule has 1 amide bonds. The van der Waals surface area contributed by atoms with E-state index in [0.717, 1.165) is 18.0 Å². The first-order valence-corrected chi connectivity index (χ1v) is 8.13. The molecule has 6 heteroatoms. The van der Waals surface area contributed by atoms with Crippen LogP contribution in [0.1, 0.15) is 23.2 Å². The van der Waals surface area contributed by atoms with E-state index in [1.807, 2.05) is 18.4 Å². The summed E-state index contributed by atoms with van der Waals surface area (Å²) in [7, 11) is 0. The minimum Gasteiger partial charge on any atom is -0.352 e. The zero-order valence-corrected chi connectivity index (χ0v) is 13.8. The van der Waals surface area contributed by atoms with Crippen LogP contribution in [0.15, 0.2) is 23.1 Å². The molecular formula is C14H20Cl2N2OS. The monoisotopic (exact) mass is 334 g/mol. The molecule has 20 heavy (non-hydrogen) atoms. The van der Waals surface area contributed by atoms with E-state index in [9.17, 15) is 4.79 Å². The average Bonchev–Trinajstić information content (AvgIpc) is 2.46. The molecule has 0 radical (unpaired) electrons. The molecule has 1 fully saturated rings. The Morgan fingerprint density at radius 2 is 2.35 bits per heavy atom. The number of hydrogen-bond acceptors (Lipinski definition) is 3. The van der Waals surface area contributed by atoms with Gasteiger partial charge in [0, 0.05) is 11.4 Å². The van der Waals surface area contributed by atoms with Crippen LogP contribution in [-0.4, -0.2) is 31.8 Å². The number of halogens is 2. The summed E-state index contributed by atoms with van der Waals surface area (Å²) in [6.07, 6.45) is 4.34. The number of thioether (sulfide) groups is 1. The molecule has 2 rings (SSSR count). The minimum atomic E-state index is -0.0773. The molecule has 1 aromatic rings. The molecule has 0 bridgehead atoms. The highest BCUT2D eigenvalue weighted by molar-refractivity contribution is 7.98. The number of carbonyl (C=O) groups is 1. The highest BCUT2D eigenvalue weighted by Gasteiger charge is 2.16. The van der Waals surface area contributed by atoms with E-state index in [0.29, 0.717) is 23.0 Å². The van der Waals surface area contributed by atoms with E-state index in [-0.39, 0.29) is 18.3 Å². The Bertz CT molecular complexity index is 451. The highest BCUT2D eigenvalue weighted by Crippen LogP contribution is 2.23. The molecule has 1 saturated heterocycles. The van der Waals surface area contributed by atoms with Gasteiger partial charge < -0.3 is 10.6 Å². The van der Waals surface area contributed by atoms with E-state index in [1.54, 1.807) is 17.8 Å². The van der Waals surface area contributed by atoms with Crippen LogP contribution in [0.4, 0.5) is 0 Å². The standard InChI is InChI=1S/C14H19ClN2OS.ClH/c1-19-11-4-5-13(15)12(7-11)14(18)17-9-10-3-2-6-16-8-10;/h4-5,7,10,16H,2-3,6,8-9H2,1H3,(H,17,18);1H.